The lowest BCUT2D eigenvalue weighted by molar-refractivity contribution is 0.104. The molecule has 0 unspecified atom stereocenters. The third-order valence-electron chi connectivity index (χ3n) is 1.84. The molecule has 96 valence electrons. The second-order valence-corrected chi connectivity index (χ2v) is 4.11. The van der Waals surface area contributed by atoms with Crippen LogP contribution in [0.3, 0.4) is 0 Å². The zero-order valence-electron chi connectivity index (χ0n) is 11.0. The zero-order valence-corrected chi connectivity index (χ0v) is 11.0. The molecule has 0 aliphatic heterocycles. The summed E-state index contributed by atoms with van der Waals surface area (Å²) in [4.78, 5) is 27.4. The number of aromatic nitrogens is 2. The van der Waals surface area contributed by atoms with Crippen LogP contribution in [-0.4, -0.2) is 60.1 Å². The smallest absolute Gasteiger partial charge is 0.207 e. The zero-order chi connectivity index (χ0) is 13.5. The van der Waals surface area contributed by atoms with Crippen molar-refractivity contribution in [2.45, 2.75) is 0 Å². The van der Waals surface area contributed by atoms with Crippen molar-refractivity contribution in [3.05, 3.63) is 30.4 Å². The van der Waals surface area contributed by atoms with Crippen LogP contribution in [0, 0.1) is 0 Å². The summed E-state index contributed by atoms with van der Waals surface area (Å²) >= 11 is 0. The van der Waals surface area contributed by atoms with Crippen molar-refractivity contribution in [1.29, 1.82) is 0 Å². The van der Waals surface area contributed by atoms with Gasteiger partial charge in [-0.25, -0.2) is 15.0 Å². The fourth-order valence-electron chi connectivity index (χ4n) is 0.992. The second-order valence-electron chi connectivity index (χ2n) is 4.11. The fraction of sp³-hybridized carbons (Fsp3) is 0.333. The highest BCUT2D eigenvalue weighted by Gasteiger charge is 2.03. The van der Waals surface area contributed by atoms with E-state index in [0.29, 0.717) is 11.5 Å². The molecule has 1 heterocycles. The Hall–Kier alpha value is -2.24. The summed E-state index contributed by atoms with van der Waals surface area (Å²) in [6, 6.07) is 0. The van der Waals surface area contributed by atoms with Crippen molar-refractivity contribution >= 4 is 17.9 Å². The molecule has 1 rings (SSSR count). The van der Waals surface area contributed by atoms with E-state index in [1.54, 1.807) is 22.3 Å². The molecule has 1 aromatic heterocycles. The predicted molar refractivity (Wildman–Crippen MR) is 71.0 cm³/mol. The lowest BCUT2D eigenvalue weighted by Gasteiger charge is -2.03. The molecule has 0 saturated heterocycles. The average Bonchev–Trinajstić information content (AvgIpc) is 2.34. The minimum Gasteiger partial charge on any atom is -0.383 e. The molecule has 0 saturated carbocycles. The van der Waals surface area contributed by atoms with Crippen LogP contribution in [0.25, 0.3) is 0 Å². The van der Waals surface area contributed by atoms with Crippen LogP contribution in [0.2, 0.25) is 0 Å². The molecule has 0 radical (unpaired) electrons. The summed E-state index contributed by atoms with van der Waals surface area (Å²) in [7, 11) is 7.41. The van der Waals surface area contributed by atoms with Gasteiger partial charge < -0.3 is 9.80 Å². The number of rotatable bonds is 5. The molecule has 0 aliphatic carbocycles. The maximum Gasteiger partial charge on any atom is 0.207 e. The number of hydrogen-bond acceptors (Lipinski definition) is 5. The molecule has 0 atom stereocenters. The Balaban J connectivity index is 2.74. The monoisotopic (exact) mass is 247 g/mol. The summed E-state index contributed by atoms with van der Waals surface area (Å²) < 4.78 is 0. The molecule has 0 spiro atoms. The Bertz CT molecular complexity index is 448. The van der Waals surface area contributed by atoms with Crippen molar-refractivity contribution < 1.29 is 4.79 Å². The standard InChI is InChI=1S/C12H17N5O/c1-16(2)6-5-11(18)10-7-14-12(8-13-10)15-9-17(3)4/h5-9H,1-4H3/b6-5+,15-9?. The summed E-state index contributed by atoms with van der Waals surface area (Å²) in [6.07, 6.45) is 7.63. The van der Waals surface area contributed by atoms with Gasteiger partial charge in [-0.1, -0.05) is 0 Å². The number of allylic oxidation sites excluding steroid dienone is 1. The first-order valence-electron chi connectivity index (χ1n) is 5.40. The normalized spacial score (nSPS) is 11.1. The van der Waals surface area contributed by atoms with Crippen LogP contribution in [0.15, 0.2) is 29.7 Å². The van der Waals surface area contributed by atoms with E-state index in [0.717, 1.165) is 0 Å². The number of aliphatic imine (C=N–C) groups is 1. The van der Waals surface area contributed by atoms with Gasteiger partial charge in [-0.3, -0.25) is 4.79 Å². The largest absolute Gasteiger partial charge is 0.383 e. The maximum absolute atomic E-state index is 11.7. The Morgan fingerprint density at radius 2 is 1.89 bits per heavy atom. The molecule has 1 aromatic rings. The molecule has 0 fully saturated rings. The van der Waals surface area contributed by atoms with Gasteiger partial charge in [-0.2, -0.15) is 0 Å². The maximum atomic E-state index is 11.7. The summed E-state index contributed by atoms with van der Waals surface area (Å²) in [5.41, 5.74) is 0.303. The van der Waals surface area contributed by atoms with Gasteiger partial charge in [-0.15, -0.1) is 0 Å². The highest BCUT2D eigenvalue weighted by molar-refractivity contribution is 6.02. The summed E-state index contributed by atoms with van der Waals surface area (Å²) in [6.45, 7) is 0. The topological polar surface area (TPSA) is 61.7 Å². The van der Waals surface area contributed by atoms with E-state index in [9.17, 15) is 4.79 Å². The fourth-order valence-corrected chi connectivity index (χ4v) is 0.992. The van der Waals surface area contributed by atoms with Gasteiger partial charge in [0.15, 0.2) is 5.82 Å². The molecule has 0 aromatic carbocycles. The van der Waals surface area contributed by atoms with Crippen LogP contribution < -0.4 is 0 Å². The quantitative estimate of drug-likeness (QED) is 0.335. The number of carbonyl (C=O) groups is 1. The second kappa shape index (κ2) is 6.48. The van der Waals surface area contributed by atoms with Gasteiger partial charge in [0.05, 0.1) is 18.7 Å². The van der Waals surface area contributed by atoms with Crippen LogP contribution in [0.1, 0.15) is 10.5 Å². The molecular weight excluding hydrogens is 230 g/mol. The first kappa shape index (κ1) is 13.8. The van der Waals surface area contributed by atoms with Gasteiger partial charge >= 0.3 is 0 Å². The summed E-state index contributed by atoms with van der Waals surface area (Å²) in [5.74, 6) is 0.288. The van der Waals surface area contributed by atoms with Crippen LogP contribution in [-0.2, 0) is 0 Å². The highest BCUT2D eigenvalue weighted by atomic mass is 16.1. The highest BCUT2D eigenvalue weighted by Crippen LogP contribution is 2.05. The number of nitrogens with zero attached hydrogens (tertiary/aromatic N) is 5. The Morgan fingerprint density at radius 1 is 1.17 bits per heavy atom. The lowest BCUT2D eigenvalue weighted by atomic mass is 10.3. The molecule has 18 heavy (non-hydrogen) atoms. The van der Waals surface area contributed by atoms with Crippen molar-refractivity contribution in [3.8, 4) is 0 Å². The number of carbonyl (C=O) groups excluding carboxylic acids is 1. The SMILES string of the molecule is CN(C)C=Nc1cnc(C(=O)/C=C/N(C)C)cn1. The number of hydrogen-bond donors (Lipinski definition) is 0. The van der Waals surface area contributed by atoms with E-state index >= 15 is 0 Å². The average molecular weight is 247 g/mol. The van der Waals surface area contributed by atoms with Gasteiger partial charge in [0.2, 0.25) is 5.78 Å². The Kier molecular flexibility index (Phi) is 4.98. The lowest BCUT2D eigenvalue weighted by Crippen LogP contribution is -2.07. The van der Waals surface area contributed by atoms with Gasteiger partial charge in [-0.05, 0) is 0 Å². The predicted octanol–water partition coefficient (Wildman–Crippen LogP) is 0.956. The molecule has 6 heteroatoms. The Labute approximate surface area is 107 Å². The van der Waals surface area contributed by atoms with Gasteiger partial charge in [0.1, 0.15) is 5.69 Å². The van der Waals surface area contributed by atoms with E-state index in [1.165, 1.54) is 18.5 Å². The molecule has 6 nitrogen and oxygen atoms in total. The van der Waals surface area contributed by atoms with Crippen LogP contribution >= 0.6 is 0 Å². The van der Waals surface area contributed by atoms with E-state index in [1.807, 2.05) is 28.2 Å². The van der Waals surface area contributed by atoms with Crippen LogP contribution in [0.5, 0.6) is 0 Å². The van der Waals surface area contributed by atoms with Gasteiger partial charge in [0.25, 0.3) is 0 Å². The van der Waals surface area contributed by atoms with Crippen molar-refractivity contribution in [2.24, 2.45) is 4.99 Å². The third-order valence-corrected chi connectivity index (χ3v) is 1.84. The molecule has 0 bridgehead atoms. The number of ketones is 1. The summed E-state index contributed by atoms with van der Waals surface area (Å²) in [5, 5.41) is 0. The Morgan fingerprint density at radius 3 is 2.39 bits per heavy atom. The first-order valence-corrected chi connectivity index (χ1v) is 5.40. The van der Waals surface area contributed by atoms with Gasteiger partial charge in [0, 0.05) is 40.5 Å². The molecular formula is C12H17N5O. The first-order chi connectivity index (χ1) is 8.49. The van der Waals surface area contributed by atoms with E-state index in [-0.39, 0.29) is 5.78 Å². The van der Waals surface area contributed by atoms with Crippen molar-refractivity contribution in [1.82, 2.24) is 19.8 Å². The molecule has 0 N–H and O–H groups in total. The van der Waals surface area contributed by atoms with Crippen molar-refractivity contribution in [3.63, 3.8) is 0 Å². The third kappa shape index (κ3) is 4.73. The van der Waals surface area contributed by atoms with E-state index in [4.69, 9.17) is 0 Å². The van der Waals surface area contributed by atoms with E-state index in [2.05, 4.69) is 15.0 Å². The van der Waals surface area contributed by atoms with Crippen molar-refractivity contribution in [2.75, 3.05) is 28.2 Å². The minimum atomic E-state index is -0.181. The minimum absolute atomic E-state index is 0.181. The van der Waals surface area contributed by atoms with E-state index < -0.39 is 0 Å². The van der Waals surface area contributed by atoms with Crippen LogP contribution in [0.4, 0.5) is 5.82 Å². The molecule has 0 aliphatic rings. The molecule has 0 amide bonds.